The van der Waals surface area contributed by atoms with Gasteiger partial charge in [-0.25, -0.2) is 0 Å². The maximum absolute atomic E-state index is 11.7. The highest BCUT2D eigenvalue weighted by Crippen LogP contribution is 2.10. The molecule has 1 amide bonds. The summed E-state index contributed by atoms with van der Waals surface area (Å²) >= 11 is 0. The van der Waals surface area contributed by atoms with E-state index in [1.165, 1.54) is 6.20 Å². The van der Waals surface area contributed by atoms with Gasteiger partial charge in [0.2, 0.25) is 0 Å². The van der Waals surface area contributed by atoms with E-state index in [4.69, 9.17) is 5.73 Å². The standard InChI is InChI=1S/C12H11N5O/c13-6-2-4-9-3-1-5-10(7-9)15-12(18)11-8-14-17-16-11/h1,3,5,7-8H,6,13H2,(H,15,18)(H,14,16,17). The van der Waals surface area contributed by atoms with Gasteiger partial charge in [0.15, 0.2) is 5.69 Å². The number of carbonyl (C=O) groups excluding carboxylic acids is 1. The number of nitrogens with two attached hydrogens (primary N) is 1. The van der Waals surface area contributed by atoms with Crippen molar-refractivity contribution in [3.63, 3.8) is 0 Å². The van der Waals surface area contributed by atoms with E-state index in [2.05, 4.69) is 32.6 Å². The monoisotopic (exact) mass is 241 g/mol. The minimum atomic E-state index is -0.326. The van der Waals surface area contributed by atoms with E-state index in [-0.39, 0.29) is 11.6 Å². The molecule has 6 heteroatoms. The van der Waals surface area contributed by atoms with Gasteiger partial charge in [-0.1, -0.05) is 17.9 Å². The average Bonchev–Trinajstić information content (AvgIpc) is 2.91. The van der Waals surface area contributed by atoms with E-state index in [1.807, 2.05) is 6.07 Å². The summed E-state index contributed by atoms with van der Waals surface area (Å²) in [6.45, 7) is 0.301. The minimum Gasteiger partial charge on any atom is -0.321 e. The molecule has 18 heavy (non-hydrogen) atoms. The van der Waals surface area contributed by atoms with Crippen LogP contribution in [0.3, 0.4) is 0 Å². The lowest BCUT2D eigenvalue weighted by atomic mass is 10.2. The number of aromatic amines is 1. The lowest BCUT2D eigenvalue weighted by Gasteiger charge is -2.02. The second-order valence-electron chi connectivity index (χ2n) is 3.40. The Hall–Kier alpha value is -2.65. The molecule has 2 rings (SSSR count). The Morgan fingerprint density at radius 3 is 3.11 bits per heavy atom. The molecule has 6 nitrogen and oxygen atoms in total. The SMILES string of the molecule is NCC#Cc1cccc(NC(=O)c2cn[nH]n2)c1. The Morgan fingerprint density at radius 2 is 2.39 bits per heavy atom. The normalized spacial score (nSPS) is 9.39. The predicted molar refractivity (Wildman–Crippen MR) is 66.7 cm³/mol. The molecule has 90 valence electrons. The maximum atomic E-state index is 11.7. The van der Waals surface area contributed by atoms with E-state index >= 15 is 0 Å². The first-order valence-electron chi connectivity index (χ1n) is 5.25. The Labute approximate surface area is 104 Å². The first kappa shape index (κ1) is 11.8. The number of anilines is 1. The molecule has 0 saturated carbocycles. The smallest absolute Gasteiger partial charge is 0.277 e. The van der Waals surface area contributed by atoms with Crippen molar-refractivity contribution in [3.8, 4) is 11.8 Å². The molecule has 1 aromatic heterocycles. The third kappa shape index (κ3) is 2.93. The summed E-state index contributed by atoms with van der Waals surface area (Å²) in [6.07, 6.45) is 1.35. The minimum absolute atomic E-state index is 0.230. The van der Waals surface area contributed by atoms with E-state index in [0.29, 0.717) is 12.2 Å². The fraction of sp³-hybridized carbons (Fsp3) is 0.0833. The molecule has 0 aliphatic heterocycles. The lowest BCUT2D eigenvalue weighted by Crippen LogP contribution is -2.12. The highest BCUT2D eigenvalue weighted by Gasteiger charge is 2.08. The van der Waals surface area contributed by atoms with Crippen molar-refractivity contribution < 1.29 is 4.79 Å². The van der Waals surface area contributed by atoms with Crippen LogP contribution in [0.5, 0.6) is 0 Å². The quantitative estimate of drug-likeness (QED) is 0.662. The fourth-order valence-electron chi connectivity index (χ4n) is 1.33. The Balaban J connectivity index is 2.12. The van der Waals surface area contributed by atoms with Gasteiger partial charge in [0.1, 0.15) is 0 Å². The molecular weight excluding hydrogens is 230 g/mol. The highest BCUT2D eigenvalue weighted by atomic mass is 16.2. The maximum Gasteiger partial charge on any atom is 0.277 e. The number of nitrogens with zero attached hydrogens (tertiary/aromatic N) is 2. The zero-order valence-corrected chi connectivity index (χ0v) is 9.47. The number of rotatable bonds is 2. The van der Waals surface area contributed by atoms with Crippen LogP contribution >= 0.6 is 0 Å². The van der Waals surface area contributed by atoms with Crippen LogP contribution in [0, 0.1) is 11.8 Å². The van der Waals surface area contributed by atoms with Crippen molar-refractivity contribution in [1.82, 2.24) is 15.4 Å². The molecule has 0 radical (unpaired) electrons. The lowest BCUT2D eigenvalue weighted by molar-refractivity contribution is 0.102. The molecule has 0 atom stereocenters. The number of H-pyrrole nitrogens is 1. The average molecular weight is 241 g/mol. The first-order chi connectivity index (χ1) is 8.79. The molecule has 1 aromatic carbocycles. The second-order valence-corrected chi connectivity index (χ2v) is 3.40. The molecule has 2 aromatic rings. The second kappa shape index (κ2) is 5.61. The molecule has 0 bridgehead atoms. The summed E-state index contributed by atoms with van der Waals surface area (Å²) in [7, 11) is 0. The van der Waals surface area contributed by atoms with Gasteiger partial charge in [-0.05, 0) is 18.2 Å². The molecule has 0 fully saturated rings. The third-order valence-electron chi connectivity index (χ3n) is 2.10. The summed E-state index contributed by atoms with van der Waals surface area (Å²) in [5.74, 6) is 5.32. The predicted octanol–water partition coefficient (Wildman–Crippen LogP) is 0.367. The Morgan fingerprint density at radius 1 is 1.50 bits per heavy atom. The van der Waals surface area contributed by atoms with Gasteiger partial charge in [-0.2, -0.15) is 15.4 Å². The number of amides is 1. The summed E-state index contributed by atoms with van der Waals surface area (Å²) < 4.78 is 0. The van der Waals surface area contributed by atoms with Crippen LogP contribution in [0.15, 0.2) is 30.5 Å². The van der Waals surface area contributed by atoms with Crippen molar-refractivity contribution in [1.29, 1.82) is 0 Å². The van der Waals surface area contributed by atoms with Crippen LogP contribution in [-0.4, -0.2) is 27.9 Å². The van der Waals surface area contributed by atoms with Crippen molar-refractivity contribution in [2.45, 2.75) is 0 Å². The fourth-order valence-corrected chi connectivity index (χ4v) is 1.33. The van der Waals surface area contributed by atoms with Crippen LogP contribution in [0.25, 0.3) is 0 Å². The van der Waals surface area contributed by atoms with Crippen molar-refractivity contribution >= 4 is 11.6 Å². The van der Waals surface area contributed by atoms with E-state index in [1.54, 1.807) is 18.2 Å². The van der Waals surface area contributed by atoms with E-state index < -0.39 is 0 Å². The van der Waals surface area contributed by atoms with Gasteiger partial charge >= 0.3 is 0 Å². The summed E-state index contributed by atoms with van der Waals surface area (Å²) in [5.41, 5.74) is 6.96. The zero-order chi connectivity index (χ0) is 12.8. The van der Waals surface area contributed by atoms with E-state index in [9.17, 15) is 4.79 Å². The van der Waals surface area contributed by atoms with Gasteiger partial charge < -0.3 is 11.1 Å². The first-order valence-corrected chi connectivity index (χ1v) is 5.25. The molecule has 0 saturated heterocycles. The third-order valence-corrected chi connectivity index (χ3v) is 2.10. The molecule has 0 unspecified atom stereocenters. The molecule has 0 aliphatic carbocycles. The van der Waals surface area contributed by atoms with Gasteiger partial charge in [0.05, 0.1) is 12.7 Å². The van der Waals surface area contributed by atoms with Crippen LogP contribution in [0.2, 0.25) is 0 Å². The Bertz CT molecular complexity index is 594. The largest absolute Gasteiger partial charge is 0.321 e. The van der Waals surface area contributed by atoms with Crippen molar-refractivity contribution in [3.05, 3.63) is 41.7 Å². The summed E-state index contributed by atoms with van der Waals surface area (Å²) in [4.78, 5) is 11.7. The van der Waals surface area contributed by atoms with Gasteiger partial charge in [-0.15, -0.1) is 0 Å². The number of nitrogens with one attached hydrogen (secondary N) is 2. The highest BCUT2D eigenvalue weighted by molar-refractivity contribution is 6.02. The summed E-state index contributed by atoms with van der Waals surface area (Å²) in [5, 5.41) is 12.3. The summed E-state index contributed by atoms with van der Waals surface area (Å²) in [6, 6.07) is 7.18. The zero-order valence-electron chi connectivity index (χ0n) is 9.47. The number of carbonyl (C=O) groups is 1. The molecule has 4 N–H and O–H groups in total. The van der Waals surface area contributed by atoms with E-state index in [0.717, 1.165) is 5.56 Å². The van der Waals surface area contributed by atoms with Crippen LogP contribution in [0.4, 0.5) is 5.69 Å². The van der Waals surface area contributed by atoms with Crippen LogP contribution in [0.1, 0.15) is 16.1 Å². The number of hydrogen-bond acceptors (Lipinski definition) is 4. The number of benzene rings is 1. The van der Waals surface area contributed by atoms with Gasteiger partial charge in [0.25, 0.3) is 5.91 Å². The number of aromatic nitrogens is 3. The number of hydrogen-bond donors (Lipinski definition) is 3. The topological polar surface area (TPSA) is 96.7 Å². The molecule has 1 heterocycles. The van der Waals surface area contributed by atoms with Crippen LogP contribution in [-0.2, 0) is 0 Å². The van der Waals surface area contributed by atoms with Gasteiger partial charge in [-0.3, -0.25) is 4.79 Å². The Kier molecular flexibility index (Phi) is 3.69. The molecule has 0 spiro atoms. The van der Waals surface area contributed by atoms with Gasteiger partial charge in [0, 0.05) is 11.3 Å². The molecular formula is C12H11N5O. The van der Waals surface area contributed by atoms with Crippen molar-refractivity contribution in [2.75, 3.05) is 11.9 Å². The van der Waals surface area contributed by atoms with Crippen molar-refractivity contribution in [2.24, 2.45) is 5.73 Å². The molecule has 0 aliphatic rings. The van der Waals surface area contributed by atoms with Crippen LogP contribution < -0.4 is 11.1 Å².